The SMILES string of the molecule is CCC(CC)C(CNC(=NC)NCCc1nc(C(F)(F)F)cs1)N(C)C.I. The summed E-state index contributed by atoms with van der Waals surface area (Å²) in [5.74, 6) is 1.24. The van der Waals surface area contributed by atoms with Gasteiger partial charge in [0.15, 0.2) is 11.7 Å². The first-order valence-corrected chi connectivity index (χ1v) is 9.73. The van der Waals surface area contributed by atoms with Gasteiger partial charge in [0.25, 0.3) is 0 Å². The summed E-state index contributed by atoms with van der Waals surface area (Å²) in [7, 11) is 5.82. The Bertz CT molecular complexity index is 559. The van der Waals surface area contributed by atoms with E-state index in [-0.39, 0.29) is 24.0 Å². The number of thiazole rings is 1. The largest absolute Gasteiger partial charge is 0.434 e. The summed E-state index contributed by atoms with van der Waals surface area (Å²) in [6, 6.07) is 0.386. The maximum Gasteiger partial charge on any atom is 0.434 e. The summed E-state index contributed by atoms with van der Waals surface area (Å²) in [4.78, 5) is 10.0. The van der Waals surface area contributed by atoms with Crippen LogP contribution in [0.25, 0.3) is 0 Å². The number of halogens is 4. The third kappa shape index (κ3) is 8.95. The van der Waals surface area contributed by atoms with Gasteiger partial charge in [0.05, 0.1) is 5.01 Å². The van der Waals surface area contributed by atoms with Crippen LogP contribution >= 0.6 is 35.3 Å². The molecule has 1 rings (SSSR count). The van der Waals surface area contributed by atoms with Crippen LogP contribution in [-0.2, 0) is 12.6 Å². The molecule has 0 fully saturated rings. The van der Waals surface area contributed by atoms with Gasteiger partial charge in [-0.2, -0.15) is 13.2 Å². The van der Waals surface area contributed by atoms with Crippen LogP contribution in [0.4, 0.5) is 13.2 Å². The van der Waals surface area contributed by atoms with Gasteiger partial charge in [0.1, 0.15) is 0 Å². The lowest BCUT2D eigenvalue weighted by Gasteiger charge is -2.32. The molecule has 0 spiro atoms. The quantitative estimate of drug-likeness (QED) is 0.295. The standard InChI is InChI=1S/C17H30F3N5S.HI/c1-6-12(7-2)13(25(4)5)10-23-16(21-3)22-9-8-15-24-14(11-26-15)17(18,19)20;/h11-13H,6-10H2,1-5H3,(H2,21,22,23);1H. The van der Waals surface area contributed by atoms with Gasteiger partial charge in [-0.3, -0.25) is 4.99 Å². The van der Waals surface area contributed by atoms with E-state index in [0.29, 0.717) is 35.9 Å². The second kappa shape index (κ2) is 12.8. The van der Waals surface area contributed by atoms with Crippen LogP contribution < -0.4 is 10.6 Å². The van der Waals surface area contributed by atoms with E-state index in [1.54, 1.807) is 7.05 Å². The Morgan fingerprint density at radius 2 is 1.89 bits per heavy atom. The fourth-order valence-electron chi connectivity index (χ4n) is 2.87. The van der Waals surface area contributed by atoms with Gasteiger partial charge in [-0.1, -0.05) is 26.7 Å². The number of alkyl halides is 3. The van der Waals surface area contributed by atoms with E-state index in [2.05, 4.69) is 53.5 Å². The van der Waals surface area contributed by atoms with Crippen LogP contribution in [0.3, 0.4) is 0 Å². The molecule has 5 nitrogen and oxygen atoms in total. The number of nitrogens with zero attached hydrogens (tertiary/aromatic N) is 3. The van der Waals surface area contributed by atoms with Gasteiger partial charge < -0.3 is 15.5 Å². The molecule has 0 amide bonds. The third-order valence-electron chi connectivity index (χ3n) is 4.43. The molecule has 0 aliphatic carbocycles. The molecule has 0 saturated heterocycles. The maximum absolute atomic E-state index is 12.6. The van der Waals surface area contributed by atoms with Crippen molar-refractivity contribution in [3.63, 3.8) is 0 Å². The van der Waals surface area contributed by atoms with Gasteiger partial charge in [-0.15, -0.1) is 35.3 Å². The first-order valence-electron chi connectivity index (χ1n) is 8.85. The van der Waals surface area contributed by atoms with Crippen LogP contribution in [-0.4, -0.2) is 56.1 Å². The molecule has 1 unspecified atom stereocenters. The van der Waals surface area contributed by atoms with Gasteiger partial charge in [0, 0.05) is 38.0 Å². The van der Waals surface area contributed by atoms with E-state index in [4.69, 9.17) is 0 Å². The topological polar surface area (TPSA) is 52.6 Å². The Hall–Kier alpha value is -0.620. The van der Waals surface area contributed by atoms with Crippen LogP contribution in [0, 0.1) is 5.92 Å². The predicted molar refractivity (Wildman–Crippen MR) is 117 cm³/mol. The van der Waals surface area contributed by atoms with E-state index < -0.39 is 11.9 Å². The molecule has 27 heavy (non-hydrogen) atoms. The molecule has 2 N–H and O–H groups in total. The average molecular weight is 521 g/mol. The molecule has 1 atom stereocenters. The second-order valence-electron chi connectivity index (χ2n) is 6.36. The summed E-state index contributed by atoms with van der Waals surface area (Å²) >= 11 is 1.03. The number of hydrogen-bond acceptors (Lipinski definition) is 4. The van der Waals surface area contributed by atoms with E-state index in [9.17, 15) is 13.2 Å². The van der Waals surface area contributed by atoms with Crippen LogP contribution in [0.1, 0.15) is 37.4 Å². The summed E-state index contributed by atoms with van der Waals surface area (Å²) in [6.45, 7) is 5.62. The minimum absolute atomic E-state index is 0. The monoisotopic (exact) mass is 521 g/mol. The van der Waals surface area contributed by atoms with Crippen LogP contribution in [0.2, 0.25) is 0 Å². The highest BCUT2D eigenvalue weighted by atomic mass is 127. The Labute approximate surface area is 181 Å². The molecule has 10 heteroatoms. The van der Waals surface area contributed by atoms with Gasteiger partial charge in [-0.25, -0.2) is 4.98 Å². The molecule has 1 aromatic heterocycles. The molecular weight excluding hydrogens is 490 g/mol. The smallest absolute Gasteiger partial charge is 0.356 e. The maximum atomic E-state index is 12.6. The van der Waals surface area contributed by atoms with Crippen molar-refractivity contribution in [2.24, 2.45) is 10.9 Å². The fraction of sp³-hybridized carbons (Fsp3) is 0.765. The van der Waals surface area contributed by atoms with Gasteiger partial charge >= 0.3 is 6.18 Å². The first kappa shape index (κ1) is 26.4. The molecule has 158 valence electrons. The van der Waals surface area contributed by atoms with E-state index in [0.717, 1.165) is 36.1 Å². The predicted octanol–water partition coefficient (Wildman–Crippen LogP) is 3.85. The van der Waals surface area contributed by atoms with Crippen molar-refractivity contribution >= 4 is 41.3 Å². The first-order chi connectivity index (χ1) is 12.2. The van der Waals surface area contributed by atoms with Crippen molar-refractivity contribution in [2.45, 2.75) is 45.3 Å². The van der Waals surface area contributed by atoms with Crippen molar-refractivity contribution in [1.82, 2.24) is 20.5 Å². The Morgan fingerprint density at radius 3 is 2.33 bits per heavy atom. The number of aliphatic imine (C=N–C) groups is 1. The summed E-state index contributed by atoms with van der Waals surface area (Å²) < 4.78 is 37.7. The normalized spacial score (nSPS) is 13.6. The summed E-state index contributed by atoms with van der Waals surface area (Å²) in [6.07, 6.45) is -1.74. The summed E-state index contributed by atoms with van der Waals surface area (Å²) in [5.41, 5.74) is -0.820. The third-order valence-corrected chi connectivity index (χ3v) is 5.34. The Morgan fingerprint density at radius 1 is 1.26 bits per heavy atom. The number of hydrogen-bond donors (Lipinski definition) is 2. The van der Waals surface area contributed by atoms with E-state index >= 15 is 0 Å². The molecule has 0 aliphatic heterocycles. The summed E-state index contributed by atoms with van der Waals surface area (Å²) in [5, 5.41) is 7.97. The number of aromatic nitrogens is 1. The highest BCUT2D eigenvalue weighted by Gasteiger charge is 2.33. The molecule has 0 saturated carbocycles. The fourth-order valence-corrected chi connectivity index (χ4v) is 3.67. The zero-order chi connectivity index (χ0) is 19.7. The number of likely N-dealkylation sites (N-methyl/N-ethyl adjacent to an activating group) is 1. The van der Waals surface area contributed by atoms with Crippen molar-refractivity contribution in [1.29, 1.82) is 0 Å². The molecule has 0 radical (unpaired) electrons. The van der Waals surface area contributed by atoms with E-state index in [1.807, 2.05) is 0 Å². The highest BCUT2D eigenvalue weighted by molar-refractivity contribution is 14.0. The molecule has 1 heterocycles. The highest BCUT2D eigenvalue weighted by Crippen LogP contribution is 2.30. The lowest BCUT2D eigenvalue weighted by molar-refractivity contribution is -0.140. The van der Waals surface area contributed by atoms with Crippen molar-refractivity contribution in [3.05, 3.63) is 16.1 Å². The number of guanidine groups is 1. The van der Waals surface area contributed by atoms with Crippen LogP contribution in [0.5, 0.6) is 0 Å². The number of rotatable bonds is 9. The molecular formula is C17H31F3IN5S. The van der Waals surface area contributed by atoms with E-state index in [1.165, 1.54) is 0 Å². The Balaban J connectivity index is 0.00000676. The van der Waals surface area contributed by atoms with Crippen molar-refractivity contribution in [2.75, 3.05) is 34.2 Å². The van der Waals surface area contributed by atoms with Crippen molar-refractivity contribution < 1.29 is 13.2 Å². The van der Waals surface area contributed by atoms with Crippen molar-refractivity contribution in [3.8, 4) is 0 Å². The number of nitrogens with one attached hydrogen (secondary N) is 2. The molecule has 0 aromatic carbocycles. The van der Waals surface area contributed by atoms with Gasteiger partial charge in [0.2, 0.25) is 0 Å². The molecule has 0 aliphatic rings. The molecule has 0 bridgehead atoms. The second-order valence-corrected chi connectivity index (χ2v) is 7.30. The lowest BCUT2D eigenvalue weighted by Crippen LogP contribution is -2.48. The molecule has 1 aromatic rings. The lowest BCUT2D eigenvalue weighted by atomic mass is 9.93. The van der Waals surface area contributed by atoms with Crippen LogP contribution in [0.15, 0.2) is 10.4 Å². The minimum atomic E-state index is -4.38. The Kier molecular flexibility index (Phi) is 12.5. The zero-order valence-electron chi connectivity index (χ0n) is 16.6. The minimum Gasteiger partial charge on any atom is -0.356 e. The zero-order valence-corrected chi connectivity index (χ0v) is 19.7. The average Bonchev–Trinajstić information content (AvgIpc) is 3.05. The van der Waals surface area contributed by atoms with Gasteiger partial charge in [-0.05, 0) is 20.0 Å².